The summed E-state index contributed by atoms with van der Waals surface area (Å²) < 4.78 is 10.2. The predicted octanol–water partition coefficient (Wildman–Crippen LogP) is 3.72. The lowest BCUT2D eigenvalue weighted by Gasteiger charge is -2.28. The Bertz CT molecular complexity index is 880. The Morgan fingerprint density at radius 3 is 2.48 bits per heavy atom. The molecule has 1 heterocycles. The molecule has 154 valence electrons. The van der Waals surface area contributed by atoms with Crippen molar-refractivity contribution in [1.29, 1.82) is 0 Å². The van der Waals surface area contributed by atoms with E-state index in [9.17, 15) is 9.59 Å². The van der Waals surface area contributed by atoms with Gasteiger partial charge in [-0.1, -0.05) is 11.6 Å². The van der Waals surface area contributed by atoms with Crippen LogP contribution in [-0.4, -0.2) is 38.7 Å². The number of nitrogens with one attached hydrogen (secondary N) is 1. The number of amides is 1. The number of ether oxygens (including phenoxy) is 2. The summed E-state index contributed by atoms with van der Waals surface area (Å²) in [6.07, 6.45) is 3.68. The van der Waals surface area contributed by atoms with E-state index in [1.54, 1.807) is 0 Å². The Balaban J connectivity index is 1.54. The number of nitrogen functional groups attached to an aromatic ring is 1. The van der Waals surface area contributed by atoms with Gasteiger partial charge >= 0.3 is 5.97 Å². The van der Waals surface area contributed by atoms with Gasteiger partial charge in [0.2, 0.25) is 0 Å². The molecule has 0 atom stereocenters. The SMILES string of the molecule is COc1cc(N)c(Cl)cc1C(=O)OCC(=O)Nc1ccc(N2CCCCC2)cc1. The number of nitrogens with two attached hydrogens (primary N) is 1. The van der Waals surface area contributed by atoms with Crippen molar-refractivity contribution < 1.29 is 19.1 Å². The van der Waals surface area contributed by atoms with Gasteiger partial charge in [0, 0.05) is 30.5 Å². The number of carbonyl (C=O) groups is 2. The van der Waals surface area contributed by atoms with Gasteiger partial charge in [-0.25, -0.2) is 4.79 Å². The van der Waals surface area contributed by atoms with Crippen molar-refractivity contribution in [3.8, 4) is 5.75 Å². The topological polar surface area (TPSA) is 93.9 Å². The van der Waals surface area contributed by atoms with Crippen LogP contribution in [0.3, 0.4) is 0 Å². The number of piperidine rings is 1. The highest BCUT2D eigenvalue weighted by Gasteiger charge is 2.18. The summed E-state index contributed by atoms with van der Waals surface area (Å²) >= 11 is 5.95. The third-order valence-corrected chi connectivity index (χ3v) is 5.07. The molecular weight excluding hydrogens is 394 g/mol. The standard InChI is InChI=1S/C21H24ClN3O4/c1-28-19-12-18(23)17(22)11-16(19)21(27)29-13-20(26)24-14-5-7-15(8-6-14)25-9-3-2-4-10-25/h5-8,11-12H,2-4,9-10,13,23H2,1H3,(H,24,26). The second kappa shape index (κ2) is 9.52. The molecule has 1 fully saturated rings. The molecule has 0 saturated carbocycles. The van der Waals surface area contributed by atoms with Gasteiger partial charge in [0.1, 0.15) is 11.3 Å². The van der Waals surface area contributed by atoms with Gasteiger partial charge in [-0.2, -0.15) is 0 Å². The number of anilines is 3. The Morgan fingerprint density at radius 2 is 1.83 bits per heavy atom. The van der Waals surface area contributed by atoms with Crippen LogP contribution in [0, 0.1) is 0 Å². The quantitative estimate of drug-likeness (QED) is 0.549. The average molecular weight is 418 g/mol. The van der Waals surface area contributed by atoms with E-state index in [0.717, 1.165) is 18.8 Å². The number of halogens is 1. The number of hydrogen-bond acceptors (Lipinski definition) is 6. The molecule has 0 unspecified atom stereocenters. The zero-order valence-electron chi connectivity index (χ0n) is 16.2. The van der Waals surface area contributed by atoms with Crippen LogP contribution < -0.4 is 20.7 Å². The van der Waals surface area contributed by atoms with Crippen molar-refractivity contribution in [2.75, 3.05) is 42.8 Å². The number of hydrogen-bond donors (Lipinski definition) is 2. The van der Waals surface area contributed by atoms with E-state index in [4.69, 9.17) is 26.8 Å². The number of benzene rings is 2. The molecule has 1 aliphatic rings. The smallest absolute Gasteiger partial charge is 0.342 e. The van der Waals surface area contributed by atoms with Crippen LogP contribution >= 0.6 is 11.6 Å². The zero-order chi connectivity index (χ0) is 20.8. The first-order chi connectivity index (χ1) is 14.0. The fourth-order valence-corrected chi connectivity index (χ4v) is 3.37. The summed E-state index contributed by atoms with van der Waals surface area (Å²) in [6, 6.07) is 10.4. The van der Waals surface area contributed by atoms with Gasteiger partial charge in [0.15, 0.2) is 6.61 Å². The monoisotopic (exact) mass is 417 g/mol. The summed E-state index contributed by atoms with van der Waals surface area (Å²) in [5.74, 6) is -0.936. The molecule has 0 spiro atoms. The Morgan fingerprint density at radius 1 is 1.14 bits per heavy atom. The largest absolute Gasteiger partial charge is 0.496 e. The highest BCUT2D eigenvalue weighted by atomic mass is 35.5. The summed E-state index contributed by atoms with van der Waals surface area (Å²) in [5, 5.41) is 2.92. The Labute approximate surface area is 174 Å². The van der Waals surface area contributed by atoms with Crippen molar-refractivity contribution in [1.82, 2.24) is 0 Å². The minimum Gasteiger partial charge on any atom is -0.496 e. The lowest BCUT2D eigenvalue weighted by molar-refractivity contribution is -0.119. The van der Waals surface area contributed by atoms with Crippen LogP contribution in [0.2, 0.25) is 5.02 Å². The molecule has 1 saturated heterocycles. The number of rotatable bonds is 6. The minimum absolute atomic E-state index is 0.102. The molecule has 1 aliphatic heterocycles. The van der Waals surface area contributed by atoms with Gasteiger partial charge in [-0.3, -0.25) is 4.79 Å². The normalized spacial score (nSPS) is 13.7. The summed E-state index contributed by atoms with van der Waals surface area (Å²) in [5.41, 5.74) is 7.86. The molecule has 3 rings (SSSR count). The van der Waals surface area contributed by atoms with E-state index in [2.05, 4.69) is 10.2 Å². The fraction of sp³-hybridized carbons (Fsp3) is 0.333. The van der Waals surface area contributed by atoms with Crippen LogP contribution in [0.25, 0.3) is 0 Å². The van der Waals surface area contributed by atoms with E-state index in [-0.39, 0.29) is 22.0 Å². The van der Waals surface area contributed by atoms with E-state index < -0.39 is 18.5 Å². The van der Waals surface area contributed by atoms with Crippen molar-refractivity contribution in [2.45, 2.75) is 19.3 Å². The molecule has 29 heavy (non-hydrogen) atoms. The highest BCUT2D eigenvalue weighted by molar-refractivity contribution is 6.33. The van der Waals surface area contributed by atoms with Gasteiger partial charge in [-0.05, 0) is 49.6 Å². The molecule has 8 heteroatoms. The third kappa shape index (κ3) is 5.32. The van der Waals surface area contributed by atoms with Crippen LogP contribution in [0.15, 0.2) is 36.4 Å². The predicted molar refractivity (Wildman–Crippen MR) is 114 cm³/mol. The lowest BCUT2D eigenvalue weighted by Crippen LogP contribution is -2.29. The number of esters is 1. The van der Waals surface area contributed by atoms with Crippen LogP contribution in [-0.2, 0) is 9.53 Å². The lowest BCUT2D eigenvalue weighted by atomic mass is 10.1. The fourth-order valence-electron chi connectivity index (χ4n) is 3.21. The third-order valence-electron chi connectivity index (χ3n) is 4.75. The molecule has 2 aromatic carbocycles. The van der Waals surface area contributed by atoms with Crippen molar-refractivity contribution in [3.63, 3.8) is 0 Å². The molecule has 2 aromatic rings. The summed E-state index contributed by atoms with van der Waals surface area (Å²) in [7, 11) is 1.40. The van der Waals surface area contributed by atoms with Crippen LogP contribution in [0.5, 0.6) is 5.75 Å². The van der Waals surface area contributed by atoms with E-state index in [0.29, 0.717) is 5.69 Å². The molecule has 0 aromatic heterocycles. The van der Waals surface area contributed by atoms with Crippen LogP contribution in [0.4, 0.5) is 17.1 Å². The zero-order valence-corrected chi connectivity index (χ0v) is 17.0. The molecule has 1 amide bonds. The van der Waals surface area contributed by atoms with Gasteiger partial charge in [0.25, 0.3) is 5.91 Å². The molecule has 3 N–H and O–H groups in total. The molecule has 0 bridgehead atoms. The van der Waals surface area contributed by atoms with Crippen molar-refractivity contribution >= 4 is 40.5 Å². The first kappa shape index (κ1) is 20.8. The van der Waals surface area contributed by atoms with Gasteiger partial charge in [-0.15, -0.1) is 0 Å². The van der Waals surface area contributed by atoms with Crippen LogP contribution in [0.1, 0.15) is 29.6 Å². The molecular formula is C21H24ClN3O4. The second-order valence-electron chi connectivity index (χ2n) is 6.79. The maximum atomic E-state index is 12.3. The molecule has 0 radical (unpaired) electrons. The summed E-state index contributed by atoms with van der Waals surface area (Å²) in [4.78, 5) is 26.7. The molecule has 7 nitrogen and oxygen atoms in total. The number of methoxy groups -OCH3 is 1. The first-order valence-corrected chi connectivity index (χ1v) is 9.80. The minimum atomic E-state index is -0.723. The Hall–Kier alpha value is -2.93. The highest BCUT2D eigenvalue weighted by Crippen LogP contribution is 2.29. The van der Waals surface area contributed by atoms with E-state index in [1.165, 1.54) is 38.5 Å². The second-order valence-corrected chi connectivity index (χ2v) is 7.20. The number of carbonyl (C=O) groups excluding carboxylic acids is 2. The van der Waals surface area contributed by atoms with Crippen molar-refractivity contribution in [2.24, 2.45) is 0 Å². The van der Waals surface area contributed by atoms with Crippen molar-refractivity contribution in [3.05, 3.63) is 47.0 Å². The maximum absolute atomic E-state index is 12.3. The summed E-state index contributed by atoms with van der Waals surface area (Å²) in [6.45, 7) is 1.68. The first-order valence-electron chi connectivity index (χ1n) is 9.43. The van der Waals surface area contributed by atoms with E-state index in [1.807, 2.05) is 24.3 Å². The average Bonchev–Trinajstić information content (AvgIpc) is 2.74. The van der Waals surface area contributed by atoms with Gasteiger partial charge < -0.3 is 25.4 Å². The number of nitrogens with zero attached hydrogens (tertiary/aromatic N) is 1. The van der Waals surface area contributed by atoms with E-state index >= 15 is 0 Å². The molecule has 0 aliphatic carbocycles. The Kier molecular flexibility index (Phi) is 6.82. The van der Waals surface area contributed by atoms with Gasteiger partial charge in [0.05, 0.1) is 17.8 Å². The maximum Gasteiger partial charge on any atom is 0.342 e.